The lowest BCUT2D eigenvalue weighted by atomic mass is 9.89. The number of ether oxygens (including phenoxy) is 2. The number of carbonyl (C=O) groups is 2. The van der Waals surface area contributed by atoms with Gasteiger partial charge in [-0.2, -0.15) is 0 Å². The van der Waals surface area contributed by atoms with E-state index in [-0.39, 0.29) is 5.92 Å². The van der Waals surface area contributed by atoms with Crippen LogP contribution < -0.4 is 10.1 Å². The summed E-state index contributed by atoms with van der Waals surface area (Å²) in [4.78, 5) is 24.0. The second-order valence-corrected chi connectivity index (χ2v) is 11.6. The number of hydrogen-bond acceptors (Lipinski definition) is 5. The molecule has 0 saturated heterocycles. The van der Waals surface area contributed by atoms with Gasteiger partial charge in [0.1, 0.15) is 11.4 Å². The van der Waals surface area contributed by atoms with Crippen LogP contribution in [0.3, 0.4) is 0 Å². The molecule has 2 aromatic rings. The van der Waals surface area contributed by atoms with Gasteiger partial charge in [-0.3, -0.25) is 0 Å². The number of hydrogen-bond donors (Lipinski definition) is 2. The summed E-state index contributed by atoms with van der Waals surface area (Å²) in [6.07, 6.45) is 5.18. The maximum Gasteiger partial charge on any atom is 0.407 e. The van der Waals surface area contributed by atoms with E-state index in [1.165, 1.54) is 11.6 Å². The molecule has 1 heterocycles. The lowest BCUT2D eigenvalue weighted by molar-refractivity contribution is -0.131. The molecule has 0 unspecified atom stereocenters. The molecule has 7 heteroatoms. The van der Waals surface area contributed by atoms with Gasteiger partial charge < -0.3 is 19.9 Å². The van der Waals surface area contributed by atoms with Crippen LogP contribution in [-0.2, 0) is 9.53 Å². The molecule has 1 aromatic heterocycles. The van der Waals surface area contributed by atoms with Gasteiger partial charge in [0.15, 0.2) is 0 Å². The number of aliphatic carboxylic acids is 1. The Kier molecular flexibility index (Phi) is 11.0. The van der Waals surface area contributed by atoms with E-state index in [9.17, 15) is 9.59 Å². The molecule has 0 aliphatic heterocycles. The molecule has 0 aliphatic carbocycles. The van der Waals surface area contributed by atoms with Crippen LogP contribution in [0.4, 0.5) is 4.79 Å². The van der Waals surface area contributed by atoms with Crippen LogP contribution in [0.1, 0.15) is 89.7 Å². The first kappa shape index (κ1) is 30.2. The smallest absolute Gasteiger partial charge is 0.407 e. The zero-order valence-corrected chi connectivity index (χ0v) is 24.1. The van der Waals surface area contributed by atoms with Gasteiger partial charge in [-0.25, -0.2) is 9.59 Å². The summed E-state index contributed by atoms with van der Waals surface area (Å²) >= 11 is 1.60. The summed E-state index contributed by atoms with van der Waals surface area (Å²) in [5.41, 5.74) is 4.59. The molecule has 0 atom stereocenters. The minimum absolute atomic E-state index is 0.255. The van der Waals surface area contributed by atoms with Gasteiger partial charge in [-0.1, -0.05) is 39.8 Å². The highest BCUT2D eigenvalue weighted by molar-refractivity contribution is 7.11. The quantitative estimate of drug-likeness (QED) is 0.176. The Balaban J connectivity index is 2.35. The molecule has 0 fully saturated rings. The molecule has 1 aromatic carbocycles. The van der Waals surface area contributed by atoms with Crippen molar-refractivity contribution in [2.75, 3.05) is 13.2 Å². The van der Waals surface area contributed by atoms with Gasteiger partial charge in [0.25, 0.3) is 0 Å². The number of allylic oxidation sites excluding steroid dienone is 2. The lowest BCUT2D eigenvalue weighted by Crippen LogP contribution is -2.33. The van der Waals surface area contributed by atoms with E-state index >= 15 is 0 Å². The monoisotopic (exact) mass is 527 g/mol. The summed E-state index contributed by atoms with van der Waals surface area (Å²) in [6, 6.07) is 6.51. The lowest BCUT2D eigenvalue weighted by Gasteiger charge is -2.22. The summed E-state index contributed by atoms with van der Waals surface area (Å²) in [6.45, 7) is 16.9. The summed E-state index contributed by atoms with van der Waals surface area (Å²) in [7, 11) is 0. The Bertz CT molecular complexity index is 1140. The summed E-state index contributed by atoms with van der Waals surface area (Å²) in [5, 5.41) is 13.8. The third-order valence-electron chi connectivity index (χ3n) is 5.50. The van der Waals surface area contributed by atoms with Crippen molar-refractivity contribution in [1.29, 1.82) is 0 Å². The standard InChI is InChI=1S/C30H41NO5S/c1-19(2)22-17-24(20(3)4)28(35-14-9-13-31-29(34)36-30(6,7)8)25(18-22)23-12-15-37-26(23)11-10-21(5)16-27(32)33/h10-12,15-20H,9,13-14H2,1-8H3,(H,31,34)(H,32,33)/b11-10+,21-16+. The molecular formula is C30H41NO5S. The fourth-order valence-corrected chi connectivity index (χ4v) is 4.47. The minimum Gasteiger partial charge on any atom is -0.493 e. The van der Waals surface area contributed by atoms with Crippen molar-refractivity contribution in [3.63, 3.8) is 0 Å². The SMILES string of the molecule is CC(/C=C/c1sccc1-c1cc(C(C)C)cc(C(C)C)c1OCCCNC(=O)OC(C)(C)C)=C\C(=O)O. The van der Waals surface area contributed by atoms with Crippen molar-refractivity contribution in [1.82, 2.24) is 5.32 Å². The number of benzene rings is 1. The highest BCUT2D eigenvalue weighted by atomic mass is 32.1. The zero-order valence-electron chi connectivity index (χ0n) is 23.3. The molecule has 37 heavy (non-hydrogen) atoms. The van der Waals surface area contributed by atoms with Gasteiger partial charge >= 0.3 is 12.1 Å². The van der Waals surface area contributed by atoms with Crippen LogP contribution in [0, 0.1) is 0 Å². The van der Waals surface area contributed by atoms with Gasteiger partial charge in [-0.15, -0.1) is 11.3 Å². The second kappa shape index (κ2) is 13.5. The van der Waals surface area contributed by atoms with Crippen LogP contribution in [0.25, 0.3) is 17.2 Å². The Morgan fingerprint density at radius 3 is 2.41 bits per heavy atom. The number of carboxylic acid groups (broad SMARTS) is 1. The van der Waals surface area contributed by atoms with Crippen molar-refractivity contribution in [2.45, 2.75) is 79.2 Å². The number of carbonyl (C=O) groups excluding carboxylic acids is 1. The number of thiophene rings is 1. The van der Waals surface area contributed by atoms with Crippen LogP contribution in [0.15, 0.2) is 41.3 Å². The Hall–Kier alpha value is -3.06. The van der Waals surface area contributed by atoms with E-state index in [2.05, 4.69) is 51.2 Å². The zero-order chi connectivity index (χ0) is 27.8. The van der Waals surface area contributed by atoms with E-state index in [1.54, 1.807) is 18.3 Å². The first-order chi connectivity index (χ1) is 17.3. The molecule has 202 valence electrons. The largest absolute Gasteiger partial charge is 0.493 e. The average molecular weight is 528 g/mol. The number of carboxylic acids is 1. The molecule has 2 N–H and O–H groups in total. The first-order valence-corrected chi connectivity index (χ1v) is 13.6. The Labute approximate surface area is 225 Å². The van der Waals surface area contributed by atoms with Crippen LogP contribution in [0.5, 0.6) is 5.75 Å². The topological polar surface area (TPSA) is 84.9 Å². The highest BCUT2D eigenvalue weighted by Gasteiger charge is 2.20. The first-order valence-electron chi connectivity index (χ1n) is 12.7. The molecule has 0 bridgehead atoms. The van der Waals surface area contributed by atoms with E-state index < -0.39 is 17.7 Å². The molecule has 0 radical (unpaired) electrons. The predicted molar refractivity (Wildman–Crippen MR) is 153 cm³/mol. The molecule has 0 aliphatic rings. The van der Waals surface area contributed by atoms with Crippen LogP contribution in [0.2, 0.25) is 0 Å². The fraction of sp³-hybridized carbons (Fsp3) is 0.467. The minimum atomic E-state index is -0.961. The van der Waals surface area contributed by atoms with Gasteiger partial charge in [-0.05, 0) is 86.2 Å². The fourth-order valence-electron chi connectivity index (χ4n) is 3.67. The van der Waals surface area contributed by atoms with Crippen molar-refractivity contribution in [3.8, 4) is 16.9 Å². The highest BCUT2D eigenvalue weighted by Crippen LogP contribution is 2.42. The van der Waals surface area contributed by atoms with Crippen LogP contribution in [-0.4, -0.2) is 35.9 Å². The predicted octanol–water partition coefficient (Wildman–Crippen LogP) is 8.00. The summed E-state index contributed by atoms with van der Waals surface area (Å²) in [5.74, 6) is 0.492. The number of nitrogens with one attached hydrogen (secondary N) is 1. The summed E-state index contributed by atoms with van der Waals surface area (Å²) < 4.78 is 11.7. The number of alkyl carbamates (subject to hydrolysis) is 1. The van der Waals surface area contributed by atoms with Crippen molar-refractivity contribution < 1.29 is 24.2 Å². The van der Waals surface area contributed by atoms with E-state index in [0.29, 0.717) is 31.1 Å². The number of rotatable bonds is 11. The van der Waals surface area contributed by atoms with Gasteiger partial charge in [0, 0.05) is 28.6 Å². The van der Waals surface area contributed by atoms with E-state index in [1.807, 2.05) is 38.3 Å². The average Bonchev–Trinajstić information content (AvgIpc) is 3.23. The van der Waals surface area contributed by atoms with E-state index in [4.69, 9.17) is 14.6 Å². The van der Waals surface area contributed by atoms with Crippen molar-refractivity contribution in [3.05, 3.63) is 57.3 Å². The van der Waals surface area contributed by atoms with Gasteiger partial charge in [0.2, 0.25) is 0 Å². The molecule has 2 rings (SSSR count). The maximum atomic E-state index is 11.9. The molecular weight excluding hydrogens is 486 g/mol. The number of amides is 1. The third kappa shape index (κ3) is 9.73. The maximum absolute atomic E-state index is 11.9. The van der Waals surface area contributed by atoms with E-state index in [0.717, 1.165) is 27.3 Å². The van der Waals surface area contributed by atoms with Crippen molar-refractivity contribution >= 4 is 29.5 Å². The second-order valence-electron chi connectivity index (χ2n) is 10.7. The van der Waals surface area contributed by atoms with Crippen molar-refractivity contribution in [2.24, 2.45) is 0 Å². The molecule has 0 spiro atoms. The molecule has 6 nitrogen and oxygen atoms in total. The van der Waals surface area contributed by atoms with Crippen LogP contribution >= 0.6 is 11.3 Å². The van der Waals surface area contributed by atoms with Gasteiger partial charge in [0.05, 0.1) is 6.61 Å². The Morgan fingerprint density at radius 2 is 1.81 bits per heavy atom. The molecule has 0 saturated carbocycles. The Morgan fingerprint density at radius 1 is 1.11 bits per heavy atom. The third-order valence-corrected chi connectivity index (χ3v) is 6.38. The molecule has 1 amide bonds. The normalized spacial score (nSPS) is 12.4.